The first-order valence-electron chi connectivity index (χ1n) is 8.97. The van der Waals surface area contributed by atoms with Crippen molar-refractivity contribution in [3.63, 3.8) is 0 Å². The molecule has 1 nitrogen and oxygen atoms in total. The van der Waals surface area contributed by atoms with Crippen LogP contribution < -0.4 is 0 Å². The molecule has 0 aliphatic carbocycles. The summed E-state index contributed by atoms with van der Waals surface area (Å²) in [6.45, 7) is 4.78. The van der Waals surface area contributed by atoms with Crippen LogP contribution in [0.15, 0.2) is 16.8 Å². The van der Waals surface area contributed by atoms with Crippen molar-refractivity contribution >= 4 is 11.3 Å². The maximum absolute atomic E-state index is 2.37. The van der Waals surface area contributed by atoms with Crippen molar-refractivity contribution in [3.8, 4) is 0 Å². The highest BCUT2D eigenvalue weighted by atomic mass is 32.1. The van der Waals surface area contributed by atoms with Gasteiger partial charge in [-0.2, -0.15) is 11.3 Å². The maximum Gasteiger partial charge on any atom is 0.105 e. The average Bonchev–Trinajstić information content (AvgIpc) is 2.93. The molecule has 0 fully saturated rings. The van der Waals surface area contributed by atoms with E-state index >= 15 is 0 Å². The number of thiophene rings is 1. The molecule has 21 heavy (non-hydrogen) atoms. The standard InChI is InChI=1S/C19H36NS/c1-4-5-6-7-8-9-10-11-12-13-15-20(2,3)17-19-14-16-21-18-19/h14,16,18H,4-13,15,17H2,1-3H3/q+1. The predicted molar refractivity (Wildman–Crippen MR) is 96.8 cm³/mol. The van der Waals surface area contributed by atoms with Crippen molar-refractivity contribution in [2.45, 2.75) is 77.7 Å². The monoisotopic (exact) mass is 310 g/mol. The Balaban J connectivity index is 1.93. The Hall–Kier alpha value is -0.340. The van der Waals surface area contributed by atoms with Crippen LogP contribution in [0.5, 0.6) is 0 Å². The molecule has 2 heteroatoms. The van der Waals surface area contributed by atoms with Crippen LogP contribution in [0, 0.1) is 0 Å². The van der Waals surface area contributed by atoms with Crippen molar-refractivity contribution < 1.29 is 4.48 Å². The van der Waals surface area contributed by atoms with E-state index in [0.717, 1.165) is 4.48 Å². The van der Waals surface area contributed by atoms with E-state index in [9.17, 15) is 0 Å². The van der Waals surface area contributed by atoms with Gasteiger partial charge < -0.3 is 4.48 Å². The van der Waals surface area contributed by atoms with Gasteiger partial charge in [0, 0.05) is 5.56 Å². The Morgan fingerprint density at radius 1 is 0.857 bits per heavy atom. The van der Waals surface area contributed by atoms with Gasteiger partial charge >= 0.3 is 0 Å². The largest absolute Gasteiger partial charge is 0.325 e. The molecule has 0 atom stereocenters. The second-order valence-corrected chi connectivity index (χ2v) is 7.91. The minimum absolute atomic E-state index is 1.13. The SMILES string of the molecule is CCCCCCCCCCCC[N+](C)(C)Cc1ccsc1. The van der Waals surface area contributed by atoms with Gasteiger partial charge in [-0.05, 0) is 29.7 Å². The Kier molecular flexibility index (Phi) is 10.0. The molecule has 122 valence electrons. The van der Waals surface area contributed by atoms with Crippen LogP contribution in [0.1, 0.15) is 76.7 Å². The second-order valence-electron chi connectivity index (χ2n) is 7.13. The molecular formula is C19H36NS+. The minimum atomic E-state index is 1.13. The van der Waals surface area contributed by atoms with E-state index in [-0.39, 0.29) is 0 Å². The first kappa shape index (κ1) is 18.7. The molecule has 0 aromatic carbocycles. The molecule has 0 N–H and O–H groups in total. The summed E-state index contributed by atoms with van der Waals surface area (Å²) in [5, 5.41) is 4.48. The third kappa shape index (κ3) is 10.1. The fourth-order valence-corrected chi connectivity index (χ4v) is 3.64. The average molecular weight is 311 g/mol. The van der Waals surface area contributed by atoms with Crippen LogP contribution in [-0.2, 0) is 6.54 Å². The minimum Gasteiger partial charge on any atom is -0.325 e. The molecule has 0 saturated heterocycles. The van der Waals surface area contributed by atoms with Gasteiger partial charge in [0.05, 0.1) is 20.6 Å². The fraction of sp³-hybridized carbons (Fsp3) is 0.789. The number of rotatable bonds is 13. The van der Waals surface area contributed by atoms with Gasteiger partial charge in [0.2, 0.25) is 0 Å². The number of nitrogens with zero attached hydrogens (tertiary/aromatic N) is 1. The van der Waals surface area contributed by atoms with Crippen LogP contribution in [-0.4, -0.2) is 25.1 Å². The molecule has 1 aromatic rings. The van der Waals surface area contributed by atoms with Gasteiger partial charge in [0.15, 0.2) is 0 Å². The lowest BCUT2D eigenvalue weighted by Crippen LogP contribution is -2.39. The quantitative estimate of drug-likeness (QED) is 0.298. The summed E-state index contributed by atoms with van der Waals surface area (Å²) in [5.41, 5.74) is 1.50. The third-order valence-electron chi connectivity index (χ3n) is 4.31. The highest BCUT2D eigenvalue weighted by Crippen LogP contribution is 2.15. The highest BCUT2D eigenvalue weighted by Gasteiger charge is 2.15. The lowest BCUT2D eigenvalue weighted by molar-refractivity contribution is -0.903. The summed E-state index contributed by atoms with van der Waals surface area (Å²) in [5.74, 6) is 0. The van der Waals surface area contributed by atoms with E-state index in [4.69, 9.17) is 0 Å². The zero-order chi connectivity index (χ0) is 15.4. The molecule has 0 aliphatic heterocycles. The van der Waals surface area contributed by atoms with Gasteiger partial charge in [-0.1, -0.05) is 58.3 Å². The molecule has 1 aromatic heterocycles. The molecule has 0 radical (unpaired) electrons. The van der Waals surface area contributed by atoms with E-state index in [1.54, 1.807) is 0 Å². The van der Waals surface area contributed by atoms with Crippen LogP contribution in [0.4, 0.5) is 0 Å². The number of hydrogen-bond donors (Lipinski definition) is 0. The van der Waals surface area contributed by atoms with Crippen molar-refractivity contribution in [2.75, 3.05) is 20.6 Å². The first-order chi connectivity index (χ1) is 10.1. The molecular weight excluding hydrogens is 274 g/mol. The summed E-state index contributed by atoms with van der Waals surface area (Å²) >= 11 is 1.81. The zero-order valence-electron chi connectivity index (χ0n) is 14.6. The second kappa shape index (κ2) is 11.3. The Labute approximate surface area is 137 Å². The number of unbranched alkanes of at least 4 members (excludes halogenated alkanes) is 9. The van der Waals surface area contributed by atoms with Crippen molar-refractivity contribution in [1.82, 2.24) is 0 Å². The first-order valence-corrected chi connectivity index (χ1v) is 9.91. The van der Waals surface area contributed by atoms with Crippen LogP contribution in [0.2, 0.25) is 0 Å². The summed E-state index contributed by atoms with van der Waals surface area (Å²) in [7, 11) is 4.73. The van der Waals surface area contributed by atoms with Gasteiger partial charge in [0.25, 0.3) is 0 Å². The molecule has 0 saturated carbocycles. The van der Waals surface area contributed by atoms with Crippen LogP contribution >= 0.6 is 11.3 Å². The molecule has 0 amide bonds. The van der Waals surface area contributed by atoms with E-state index in [1.807, 2.05) is 11.3 Å². The third-order valence-corrected chi connectivity index (χ3v) is 5.04. The Morgan fingerprint density at radius 3 is 1.95 bits per heavy atom. The molecule has 1 heterocycles. The molecule has 0 spiro atoms. The van der Waals surface area contributed by atoms with Gasteiger partial charge in [0.1, 0.15) is 6.54 Å². The van der Waals surface area contributed by atoms with E-state index < -0.39 is 0 Å². The predicted octanol–water partition coefficient (Wildman–Crippen LogP) is 6.25. The smallest absolute Gasteiger partial charge is 0.105 e. The van der Waals surface area contributed by atoms with Gasteiger partial charge in [-0.25, -0.2) is 0 Å². The van der Waals surface area contributed by atoms with E-state index in [0.29, 0.717) is 0 Å². The molecule has 0 bridgehead atoms. The molecule has 1 rings (SSSR count). The normalized spacial score (nSPS) is 12.0. The summed E-state index contributed by atoms with van der Waals surface area (Å²) < 4.78 is 1.13. The van der Waals surface area contributed by atoms with Gasteiger partial charge in [-0.15, -0.1) is 0 Å². The summed E-state index contributed by atoms with van der Waals surface area (Å²) in [6.07, 6.45) is 14.3. The Morgan fingerprint density at radius 2 is 1.43 bits per heavy atom. The van der Waals surface area contributed by atoms with Crippen molar-refractivity contribution in [1.29, 1.82) is 0 Å². The lowest BCUT2D eigenvalue weighted by atomic mass is 10.1. The highest BCUT2D eigenvalue weighted by molar-refractivity contribution is 7.07. The van der Waals surface area contributed by atoms with E-state index in [2.05, 4.69) is 37.8 Å². The van der Waals surface area contributed by atoms with Gasteiger partial charge in [-0.3, -0.25) is 0 Å². The Bertz CT molecular complexity index is 329. The van der Waals surface area contributed by atoms with Crippen LogP contribution in [0.3, 0.4) is 0 Å². The van der Waals surface area contributed by atoms with Crippen molar-refractivity contribution in [2.24, 2.45) is 0 Å². The summed E-state index contributed by atoms with van der Waals surface area (Å²) in [4.78, 5) is 0. The van der Waals surface area contributed by atoms with E-state index in [1.165, 1.54) is 82.9 Å². The lowest BCUT2D eigenvalue weighted by Gasteiger charge is -2.29. The number of hydrogen-bond acceptors (Lipinski definition) is 1. The maximum atomic E-state index is 2.37. The topological polar surface area (TPSA) is 0 Å². The molecule has 0 unspecified atom stereocenters. The van der Waals surface area contributed by atoms with Crippen molar-refractivity contribution in [3.05, 3.63) is 22.4 Å². The number of quaternary nitrogens is 1. The van der Waals surface area contributed by atoms with Crippen LogP contribution in [0.25, 0.3) is 0 Å². The fourth-order valence-electron chi connectivity index (χ4n) is 2.98. The zero-order valence-corrected chi connectivity index (χ0v) is 15.4. The molecule has 0 aliphatic rings. The summed E-state index contributed by atoms with van der Waals surface area (Å²) in [6, 6.07) is 2.27.